The Bertz CT molecular complexity index is 872. The SMILES string of the molecule is CCOC(=O)C1(C(F)(F)F)C=Cc2cc(C)c(Cc3ccccc3)cc2O1. The molecule has 3 rings (SSSR count). The second kappa shape index (κ2) is 7.10. The molecule has 2 aromatic rings. The van der Waals surface area contributed by atoms with E-state index in [1.807, 2.05) is 37.3 Å². The molecular weight excluding hydrogens is 357 g/mol. The molecule has 3 nitrogen and oxygen atoms in total. The normalized spacial score (nSPS) is 18.6. The summed E-state index contributed by atoms with van der Waals surface area (Å²) in [5.41, 5.74) is 0.152. The zero-order valence-electron chi connectivity index (χ0n) is 15.0. The van der Waals surface area contributed by atoms with Gasteiger partial charge in [0, 0.05) is 5.56 Å². The van der Waals surface area contributed by atoms with E-state index in [1.54, 1.807) is 12.1 Å². The second-order valence-electron chi connectivity index (χ2n) is 6.37. The third kappa shape index (κ3) is 3.56. The summed E-state index contributed by atoms with van der Waals surface area (Å²) in [5, 5.41) is 0. The van der Waals surface area contributed by atoms with Gasteiger partial charge >= 0.3 is 17.7 Å². The number of ether oxygens (including phenoxy) is 2. The first-order valence-corrected chi connectivity index (χ1v) is 8.56. The number of carbonyl (C=O) groups excluding carboxylic acids is 1. The Morgan fingerprint density at radius 1 is 1.19 bits per heavy atom. The number of hydrogen-bond acceptors (Lipinski definition) is 3. The van der Waals surface area contributed by atoms with Gasteiger partial charge in [0.15, 0.2) is 0 Å². The Labute approximate surface area is 155 Å². The number of fused-ring (bicyclic) bond motifs is 1. The van der Waals surface area contributed by atoms with Crippen LogP contribution >= 0.6 is 0 Å². The van der Waals surface area contributed by atoms with E-state index in [0.717, 1.165) is 22.8 Å². The van der Waals surface area contributed by atoms with Crippen LogP contribution in [-0.2, 0) is 16.0 Å². The second-order valence-corrected chi connectivity index (χ2v) is 6.37. The number of halogens is 3. The van der Waals surface area contributed by atoms with Crippen LogP contribution in [0.5, 0.6) is 5.75 Å². The van der Waals surface area contributed by atoms with Crippen molar-refractivity contribution in [1.82, 2.24) is 0 Å². The molecule has 0 radical (unpaired) electrons. The first-order chi connectivity index (χ1) is 12.8. The number of rotatable bonds is 4. The number of aryl methyl sites for hydroxylation is 1. The van der Waals surface area contributed by atoms with Gasteiger partial charge in [-0.3, -0.25) is 0 Å². The van der Waals surface area contributed by atoms with E-state index in [4.69, 9.17) is 4.74 Å². The van der Waals surface area contributed by atoms with Gasteiger partial charge in [-0.15, -0.1) is 0 Å². The molecule has 0 saturated heterocycles. The molecule has 6 heteroatoms. The highest BCUT2D eigenvalue weighted by Crippen LogP contribution is 2.42. The van der Waals surface area contributed by atoms with E-state index < -0.39 is 17.7 Å². The van der Waals surface area contributed by atoms with Crippen LogP contribution in [0.1, 0.15) is 29.2 Å². The Morgan fingerprint density at radius 3 is 2.52 bits per heavy atom. The largest absolute Gasteiger partial charge is 0.463 e. The fourth-order valence-corrected chi connectivity index (χ4v) is 3.01. The Hall–Kier alpha value is -2.76. The van der Waals surface area contributed by atoms with E-state index in [9.17, 15) is 18.0 Å². The molecule has 0 saturated carbocycles. The molecule has 0 spiro atoms. The predicted molar refractivity (Wildman–Crippen MR) is 95.5 cm³/mol. The van der Waals surface area contributed by atoms with Crippen LogP contribution in [-0.4, -0.2) is 24.4 Å². The molecule has 142 valence electrons. The summed E-state index contributed by atoms with van der Waals surface area (Å²) >= 11 is 0. The van der Waals surface area contributed by atoms with Crippen molar-refractivity contribution in [3.8, 4) is 5.75 Å². The molecule has 0 aliphatic carbocycles. The summed E-state index contributed by atoms with van der Waals surface area (Å²) in [6.45, 7) is 3.17. The highest BCUT2D eigenvalue weighted by Gasteiger charge is 2.64. The van der Waals surface area contributed by atoms with Crippen molar-refractivity contribution in [2.75, 3.05) is 6.61 Å². The van der Waals surface area contributed by atoms with Gasteiger partial charge in [0.25, 0.3) is 0 Å². The van der Waals surface area contributed by atoms with Gasteiger partial charge in [-0.2, -0.15) is 13.2 Å². The molecule has 1 unspecified atom stereocenters. The van der Waals surface area contributed by atoms with Gasteiger partial charge < -0.3 is 9.47 Å². The third-order valence-electron chi connectivity index (χ3n) is 4.47. The zero-order chi connectivity index (χ0) is 19.7. The number of carbonyl (C=O) groups is 1. The lowest BCUT2D eigenvalue weighted by atomic mass is 9.93. The van der Waals surface area contributed by atoms with Crippen molar-refractivity contribution in [3.05, 3.63) is 70.8 Å². The average molecular weight is 376 g/mol. The molecule has 0 bridgehead atoms. The van der Waals surface area contributed by atoms with E-state index in [0.29, 0.717) is 12.0 Å². The van der Waals surface area contributed by atoms with Crippen molar-refractivity contribution in [3.63, 3.8) is 0 Å². The fraction of sp³-hybridized carbons (Fsp3) is 0.286. The summed E-state index contributed by atoms with van der Waals surface area (Å²) < 4.78 is 51.0. The maximum absolute atomic E-state index is 13.7. The molecule has 27 heavy (non-hydrogen) atoms. The van der Waals surface area contributed by atoms with Crippen molar-refractivity contribution < 1.29 is 27.4 Å². The lowest BCUT2D eigenvalue weighted by Crippen LogP contribution is -2.56. The van der Waals surface area contributed by atoms with Crippen LogP contribution in [0, 0.1) is 6.92 Å². The van der Waals surface area contributed by atoms with E-state index in [2.05, 4.69) is 4.74 Å². The quantitative estimate of drug-likeness (QED) is 0.715. The Kier molecular flexibility index (Phi) is 5.00. The highest BCUT2D eigenvalue weighted by molar-refractivity contribution is 5.87. The van der Waals surface area contributed by atoms with Crippen molar-refractivity contribution in [2.24, 2.45) is 0 Å². The molecule has 1 heterocycles. The molecule has 1 atom stereocenters. The van der Waals surface area contributed by atoms with Crippen molar-refractivity contribution in [2.45, 2.75) is 32.0 Å². The number of alkyl halides is 3. The van der Waals surface area contributed by atoms with E-state index in [-0.39, 0.29) is 12.4 Å². The van der Waals surface area contributed by atoms with Crippen LogP contribution in [0.3, 0.4) is 0 Å². The Morgan fingerprint density at radius 2 is 1.89 bits per heavy atom. The van der Waals surface area contributed by atoms with Gasteiger partial charge in [-0.1, -0.05) is 36.4 Å². The lowest BCUT2D eigenvalue weighted by Gasteiger charge is -2.34. The van der Waals surface area contributed by atoms with Crippen LogP contribution in [0.25, 0.3) is 6.08 Å². The molecule has 1 aliphatic heterocycles. The summed E-state index contributed by atoms with van der Waals surface area (Å²) in [6, 6.07) is 12.9. The molecule has 0 fully saturated rings. The van der Waals surface area contributed by atoms with Gasteiger partial charge in [-0.25, -0.2) is 4.79 Å². The summed E-state index contributed by atoms with van der Waals surface area (Å²) in [5.74, 6) is -1.45. The summed E-state index contributed by atoms with van der Waals surface area (Å²) in [6.07, 6.45) is -2.41. The molecular formula is C21H19F3O3. The van der Waals surface area contributed by atoms with E-state index >= 15 is 0 Å². The van der Waals surface area contributed by atoms with Gasteiger partial charge in [-0.05, 0) is 55.2 Å². The average Bonchev–Trinajstić information content (AvgIpc) is 2.62. The third-order valence-corrected chi connectivity index (χ3v) is 4.47. The van der Waals surface area contributed by atoms with Crippen LogP contribution in [0.4, 0.5) is 13.2 Å². The van der Waals surface area contributed by atoms with Crippen molar-refractivity contribution in [1.29, 1.82) is 0 Å². The van der Waals surface area contributed by atoms with Crippen LogP contribution in [0.15, 0.2) is 48.5 Å². The van der Waals surface area contributed by atoms with Crippen LogP contribution < -0.4 is 4.74 Å². The predicted octanol–water partition coefficient (Wildman–Crippen LogP) is 4.86. The summed E-state index contributed by atoms with van der Waals surface area (Å²) in [7, 11) is 0. The highest BCUT2D eigenvalue weighted by atomic mass is 19.4. The maximum atomic E-state index is 13.7. The molecule has 0 amide bonds. The number of hydrogen-bond donors (Lipinski definition) is 0. The molecule has 0 aromatic heterocycles. The minimum Gasteiger partial charge on any atom is -0.463 e. The van der Waals surface area contributed by atoms with Gasteiger partial charge in [0.2, 0.25) is 0 Å². The van der Waals surface area contributed by atoms with Gasteiger partial charge in [0.05, 0.1) is 6.61 Å². The number of esters is 1. The Balaban J connectivity index is 2.01. The van der Waals surface area contributed by atoms with Crippen LogP contribution in [0.2, 0.25) is 0 Å². The minimum atomic E-state index is -4.95. The first kappa shape index (κ1) is 19.0. The maximum Gasteiger partial charge on any atom is 0.443 e. The first-order valence-electron chi connectivity index (χ1n) is 8.56. The molecule has 1 aliphatic rings. The fourth-order valence-electron chi connectivity index (χ4n) is 3.01. The summed E-state index contributed by atoms with van der Waals surface area (Å²) in [4.78, 5) is 12.1. The molecule has 0 N–H and O–H groups in total. The monoisotopic (exact) mass is 376 g/mol. The van der Waals surface area contributed by atoms with Crippen molar-refractivity contribution >= 4 is 12.0 Å². The minimum absolute atomic E-state index is 0.0133. The number of benzene rings is 2. The van der Waals surface area contributed by atoms with Gasteiger partial charge in [0.1, 0.15) is 5.75 Å². The van der Waals surface area contributed by atoms with E-state index in [1.165, 1.54) is 13.0 Å². The zero-order valence-corrected chi connectivity index (χ0v) is 15.0. The standard InChI is InChI=1S/C21H19F3O3/c1-3-26-19(25)20(21(22,23)24)10-9-16-11-14(2)17(13-18(16)27-20)12-15-7-5-4-6-8-15/h4-11,13H,3,12H2,1-2H3. The smallest absolute Gasteiger partial charge is 0.443 e. The molecule has 2 aromatic carbocycles. The lowest BCUT2D eigenvalue weighted by molar-refractivity contribution is -0.238. The topological polar surface area (TPSA) is 35.5 Å².